The first-order valence-electron chi connectivity index (χ1n) is 4.01. The van der Waals surface area contributed by atoms with Gasteiger partial charge in [-0.1, -0.05) is 11.6 Å². The quantitative estimate of drug-likeness (QED) is 0.683. The van der Waals surface area contributed by atoms with Gasteiger partial charge in [-0.15, -0.1) is 0 Å². The third-order valence-corrected chi connectivity index (χ3v) is 2.37. The molecule has 0 fully saturated rings. The molecule has 1 aromatic carbocycles. The van der Waals surface area contributed by atoms with Gasteiger partial charge < -0.3 is 5.32 Å². The molecule has 4 heteroatoms. The number of hydrogen-bond acceptors (Lipinski definition) is 1. The SMILES string of the molecule is FC1(F)CCNc2cc(Cl)ccc21. The van der Waals surface area contributed by atoms with Crippen LogP contribution in [0.2, 0.25) is 5.02 Å². The highest BCUT2D eigenvalue weighted by Gasteiger charge is 2.36. The zero-order valence-electron chi connectivity index (χ0n) is 6.78. The average Bonchev–Trinajstić information content (AvgIpc) is 2.02. The van der Waals surface area contributed by atoms with E-state index in [2.05, 4.69) is 5.32 Å². The number of hydrogen-bond donors (Lipinski definition) is 1. The second kappa shape index (κ2) is 2.84. The highest BCUT2D eigenvalue weighted by Crippen LogP contribution is 2.40. The number of benzene rings is 1. The number of rotatable bonds is 0. The molecule has 13 heavy (non-hydrogen) atoms. The number of halogens is 3. The van der Waals surface area contributed by atoms with Gasteiger partial charge >= 0.3 is 0 Å². The summed E-state index contributed by atoms with van der Waals surface area (Å²) in [6.45, 7) is 0.292. The molecule has 1 nitrogen and oxygen atoms in total. The van der Waals surface area contributed by atoms with Crippen LogP contribution >= 0.6 is 11.6 Å². The van der Waals surface area contributed by atoms with Crippen molar-refractivity contribution < 1.29 is 8.78 Å². The minimum atomic E-state index is -2.72. The van der Waals surface area contributed by atoms with Crippen LogP contribution in [0.15, 0.2) is 18.2 Å². The third kappa shape index (κ3) is 1.48. The van der Waals surface area contributed by atoms with Crippen molar-refractivity contribution in [1.82, 2.24) is 0 Å². The van der Waals surface area contributed by atoms with Gasteiger partial charge in [0, 0.05) is 29.2 Å². The van der Waals surface area contributed by atoms with Crippen LogP contribution in [0, 0.1) is 0 Å². The van der Waals surface area contributed by atoms with Crippen LogP contribution in [-0.4, -0.2) is 6.54 Å². The molecular formula is C9H8ClF2N. The fourth-order valence-corrected chi connectivity index (χ4v) is 1.64. The number of alkyl halides is 2. The number of anilines is 1. The summed E-state index contributed by atoms with van der Waals surface area (Å²) in [5.41, 5.74) is 0.493. The summed E-state index contributed by atoms with van der Waals surface area (Å²) in [7, 11) is 0. The molecule has 1 N–H and O–H groups in total. The average molecular weight is 204 g/mol. The second-order valence-corrected chi connectivity index (χ2v) is 3.51. The van der Waals surface area contributed by atoms with Gasteiger partial charge in [0.15, 0.2) is 0 Å². The van der Waals surface area contributed by atoms with Gasteiger partial charge in [-0.25, -0.2) is 8.78 Å². The molecule has 0 aromatic heterocycles. The van der Waals surface area contributed by atoms with E-state index in [1.165, 1.54) is 18.2 Å². The first kappa shape index (κ1) is 8.75. The predicted molar refractivity (Wildman–Crippen MR) is 48.5 cm³/mol. The van der Waals surface area contributed by atoms with Crippen molar-refractivity contribution in [2.45, 2.75) is 12.3 Å². The minimum absolute atomic E-state index is 0.0446. The molecule has 0 aliphatic carbocycles. The van der Waals surface area contributed by atoms with Crippen molar-refractivity contribution >= 4 is 17.3 Å². The first-order valence-corrected chi connectivity index (χ1v) is 4.39. The van der Waals surface area contributed by atoms with Crippen LogP contribution in [-0.2, 0) is 5.92 Å². The fourth-order valence-electron chi connectivity index (χ4n) is 1.47. The van der Waals surface area contributed by atoms with Crippen molar-refractivity contribution in [3.05, 3.63) is 28.8 Å². The zero-order chi connectivity index (χ0) is 9.47. The lowest BCUT2D eigenvalue weighted by atomic mass is 10.00. The lowest BCUT2D eigenvalue weighted by molar-refractivity contribution is -0.0122. The van der Waals surface area contributed by atoms with E-state index in [-0.39, 0.29) is 12.0 Å². The molecular weight excluding hydrogens is 196 g/mol. The summed E-state index contributed by atoms with van der Waals surface area (Å²) in [5, 5.41) is 3.37. The Kier molecular flexibility index (Phi) is 1.91. The van der Waals surface area contributed by atoms with Crippen molar-refractivity contribution in [3.63, 3.8) is 0 Å². The molecule has 0 radical (unpaired) electrons. The molecule has 70 valence electrons. The summed E-state index contributed by atoms with van der Waals surface area (Å²) < 4.78 is 26.5. The van der Waals surface area contributed by atoms with Gasteiger partial charge in [-0.2, -0.15) is 0 Å². The highest BCUT2D eigenvalue weighted by atomic mass is 35.5. The summed E-state index contributed by atoms with van der Waals surface area (Å²) >= 11 is 5.68. The van der Waals surface area contributed by atoms with E-state index in [4.69, 9.17) is 11.6 Å². The highest BCUT2D eigenvalue weighted by molar-refractivity contribution is 6.30. The van der Waals surface area contributed by atoms with Gasteiger partial charge in [0.05, 0.1) is 0 Å². The maximum absolute atomic E-state index is 13.2. The minimum Gasteiger partial charge on any atom is -0.384 e. The molecule has 1 heterocycles. The van der Waals surface area contributed by atoms with Gasteiger partial charge in [0.2, 0.25) is 0 Å². The molecule has 0 unspecified atom stereocenters. The Morgan fingerprint density at radius 3 is 2.92 bits per heavy atom. The van der Waals surface area contributed by atoms with Crippen molar-refractivity contribution in [3.8, 4) is 0 Å². The first-order chi connectivity index (χ1) is 6.09. The Labute approximate surface area is 79.7 Å². The monoisotopic (exact) mass is 203 g/mol. The predicted octanol–water partition coefficient (Wildman–Crippen LogP) is 3.25. The van der Waals surface area contributed by atoms with E-state index in [9.17, 15) is 8.78 Å². The van der Waals surface area contributed by atoms with E-state index < -0.39 is 5.92 Å². The van der Waals surface area contributed by atoms with Gasteiger partial charge in [0.1, 0.15) is 0 Å². The standard InChI is InChI=1S/C9H8ClF2N/c10-6-1-2-7-8(5-6)13-4-3-9(7,11)12/h1-2,5,13H,3-4H2. The van der Waals surface area contributed by atoms with Crippen LogP contribution in [0.5, 0.6) is 0 Å². The molecule has 0 bridgehead atoms. The van der Waals surface area contributed by atoms with Gasteiger partial charge in [-0.3, -0.25) is 0 Å². The van der Waals surface area contributed by atoms with E-state index in [1.54, 1.807) is 0 Å². The maximum atomic E-state index is 13.2. The summed E-state index contributed by atoms with van der Waals surface area (Å²) in [6, 6.07) is 4.40. The number of fused-ring (bicyclic) bond motifs is 1. The van der Waals surface area contributed by atoms with Crippen molar-refractivity contribution in [2.75, 3.05) is 11.9 Å². The van der Waals surface area contributed by atoms with E-state index in [0.29, 0.717) is 17.3 Å². The molecule has 0 saturated heterocycles. The Hall–Kier alpha value is -0.830. The van der Waals surface area contributed by atoms with Crippen LogP contribution in [0.25, 0.3) is 0 Å². The van der Waals surface area contributed by atoms with Crippen molar-refractivity contribution in [2.24, 2.45) is 0 Å². The molecule has 1 aliphatic rings. The van der Waals surface area contributed by atoms with E-state index in [0.717, 1.165) is 0 Å². The normalized spacial score (nSPS) is 19.0. The molecule has 0 amide bonds. The molecule has 1 aromatic rings. The van der Waals surface area contributed by atoms with Crippen molar-refractivity contribution in [1.29, 1.82) is 0 Å². The molecule has 2 rings (SSSR count). The Morgan fingerprint density at radius 2 is 2.15 bits per heavy atom. The van der Waals surface area contributed by atoms with Gasteiger partial charge in [0.25, 0.3) is 5.92 Å². The van der Waals surface area contributed by atoms with Crippen LogP contribution < -0.4 is 5.32 Å². The lowest BCUT2D eigenvalue weighted by Crippen LogP contribution is -2.25. The maximum Gasteiger partial charge on any atom is 0.276 e. The zero-order valence-corrected chi connectivity index (χ0v) is 7.54. The molecule has 1 aliphatic heterocycles. The Bertz CT molecular complexity index is 338. The lowest BCUT2D eigenvalue weighted by Gasteiger charge is -2.26. The third-order valence-electron chi connectivity index (χ3n) is 2.13. The summed E-state index contributed by atoms with van der Waals surface area (Å²) in [4.78, 5) is 0. The number of nitrogens with one attached hydrogen (secondary N) is 1. The Morgan fingerprint density at radius 1 is 1.38 bits per heavy atom. The van der Waals surface area contributed by atoms with Crippen LogP contribution in [0.4, 0.5) is 14.5 Å². The molecule has 0 atom stereocenters. The van der Waals surface area contributed by atoms with Crippen LogP contribution in [0.3, 0.4) is 0 Å². The molecule has 0 spiro atoms. The molecule has 0 saturated carbocycles. The smallest absolute Gasteiger partial charge is 0.276 e. The van der Waals surface area contributed by atoms with E-state index in [1.807, 2.05) is 0 Å². The second-order valence-electron chi connectivity index (χ2n) is 3.07. The topological polar surface area (TPSA) is 12.0 Å². The Balaban J connectivity index is 2.53. The summed E-state index contributed by atoms with van der Waals surface area (Å²) in [5.74, 6) is -2.72. The largest absolute Gasteiger partial charge is 0.384 e. The fraction of sp³-hybridized carbons (Fsp3) is 0.333. The van der Waals surface area contributed by atoms with E-state index >= 15 is 0 Å². The van der Waals surface area contributed by atoms with Gasteiger partial charge in [-0.05, 0) is 18.2 Å². The van der Waals surface area contributed by atoms with Crippen LogP contribution in [0.1, 0.15) is 12.0 Å². The summed E-state index contributed by atoms with van der Waals surface area (Å²) in [6.07, 6.45) is -0.151.